The third-order valence-corrected chi connectivity index (χ3v) is 5.52. The van der Waals surface area contributed by atoms with Gasteiger partial charge in [0.05, 0.1) is 0 Å². The van der Waals surface area contributed by atoms with Gasteiger partial charge in [0, 0.05) is 44.6 Å². The largest absolute Gasteiger partial charge is 0.444 e. The van der Waals surface area contributed by atoms with E-state index in [0.717, 1.165) is 38.6 Å². The van der Waals surface area contributed by atoms with Gasteiger partial charge in [-0.2, -0.15) is 0 Å². The molecule has 172 valence electrons. The van der Waals surface area contributed by atoms with Gasteiger partial charge in [0.2, 0.25) is 0 Å². The van der Waals surface area contributed by atoms with Crippen molar-refractivity contribution >= 4 is 47.4 Å². The molecule has 1 aromatic heterocycles. The predicted molar refractivity (Wildman–Crippen MR) is 136 cm³/mol. The average molecular weight is 552 g/mol. The van der Waals surface area contributed by atoms with Crippen LogP contribution in [0.3, 0.4) is 0 Å². The van der Waals surface area contributed by atoms with Crippen molar-refractivity contribution in [2.24, 2.45) is 10.9 Å². The normalized spacial score (nSPS) is 17.7. The van der Waals surface area contributed by atoms with E-state index >= 15 is 0 Å². The van der Waals surface area contributed by atoms with Crippen LogP contribution in [0.2, 0.25) is 0 Å². The van der Waals surface area contributed by atoms with Crippen LogP contribution >= 0.6 is 35.3 Å². The first-order chi connectivity index (χ1) is 13.9. The van der Waals surface area contributed by atoms with E-state index < -0.39 is 5.60 Å². The molecule has 2 rings (SSSR count). The van der Waals surface area contributed by atoms with Gasteiger partial charge in [-0.15, -0.1) is 35.3 Å². The topological polar surface area (TPSA) is 78.0 Å². The SMILES string of the molecule is CN=C(NCCCNC(=O)OC(C)(C)C)NCC1CCCN(Cc2cccs2)C1.I. The van der Waals surface area contributed by atoms with Gasteiger partial charge in [-0.3, -0.25) is 9.89 Å². The van der Waals surface area contributed by atoms with Gasteiger partial charge in [-0.05, 0) is 63.9 Å². The van der Waals surface area contributed by atoms with Gasteiger partial charge in [0.25, 0.3) is 0 Å². The van der Waals surface area contributed by atoms with Crippen molar-refractivity contribution in [3.8, 4) is 0 Å². The maximum Gasteiger partial charge on any atom is 0.407 e. The molecule has 0 saturated carbocycles. The van der Waals surface area contributed by atoms with Crippen LogP contribution in [0.1, 0.15) is 44.9 Å². The molecule has 1 aliphatic heterocycles. The molecule has 1 fully saturated rings. The molecule has 3 N–H and O–H groups in total. The summed E-state index contributed by atoms with van der Waals surface area (Å²) < 4.78 is 5.22. The number of halogens is 1. The summed E-state index contributed by atoms with van der Waals surface area (Å²) in [6.45, 7) is 11.2. The standard InChI is InChI=1S/C21H37N5O2S.HI/c1-21(2,3)28-20(27)24-11-7-10-23-19(22-4)25-14-17-8-5-12-26(15-17)16-18-9-6-13-29-18;/h6,9,13,17H,5,7-8,10-12,14-16H2,1-4H3,(H,24,27)(H2,22,23,25);1H. The minimum absolute atomic E-state index is 0. The number of nitrogens with zero attached hydrogens (tertiary/aromatic N) is 2. The van der Waals surface area contributed by atoms with E-state index in [9.17, 15) is 4.79 Å². The number of aliphatic imine (C=N–C) groups is 1. The summed E-state index contributed by atoms with van der Waals surface area (Å²) in [7, 11) is 1.79. The van der Waals surface area contributed by atoms with Crippen molar-refractivity contribution in [3.63, 3.8) is 0 Å². The second-order valence-electron chi connectivity index (χ2n) is 8.48. The highest BCUT2D eigenvalue weighted by Gasteiger charge is 2.20. The fourth-order valence-corrected chi connectivity index (χ4v) is 4.09. The molecular formula is C21H38IN5O2S. The van der Waals surface area contributed by atoms with Gasteiger partial charge in [-0.1, -0.05) is 6.07 Å². The molecular weight excluding hydrogens is 513 g/mol. The summed E-state index contributed by atoms with van der Waals surface area (Å²) in [5.41, 5.74) is -0.466. The van der Waals surface area contributed by atoms with E-state index in [2.05, 4.69) is 43.4 Å². The Bertz CT molecular complexity index is 634. The Morgan fingerprint density at radius 3 is 2.73 bits per heavy atom. The number of ether oxygens (including phenoxy) is 1. The lowest BCUT2D eigenvalue weighted by Crippen LogP contribution is -2.44. The number of piperidine rings is 1. The molecule has 1 atom stereocenters. The van der Waals surface area contributed by atoms with Crippen LogP contribution in [0, 0.1) is 5.92 Å². The zero-order valence-corrected chi connectivity index (χ0v) is 21.8. The predicted octanol–water partition coefficient (Wildman–Crippen LogP) is 3.66. The minimum Gasteiger partial charge on any atom is -0.444 e. The molecule has 1 unspecified atom stereocenters. The van der Waals surface area contributed by atoms with Crippen LogP contribution in [-0.2, 0) is 11.3 Å². The summed E-state index contributed by atoms with van der Waals surface area (Å²) in [5.74, 6) is 1.45. The summed E-state index contributed by atoms with van der Waals surface area (Å²) in [4.78, 5) is 19.9. The number of rotatable bonds is 8. The molecule has 2 heterocycles. The zero-order valence-electron chi connectivity index (χ0n) is 18.7. The summed E-state index contributed by atoms with van der Waals surface area (Å²) >= 11 is 1.84. The molecule has 1 aromatic rings. The number of nitrogens with one attached hydrogen (secondary N) is 3. The highest BCUT2D eigenvalue weighted by molar-refractivity contribution is 14.0. The van der Waals surface area contributed by atoms with E-state index in [1.165, 1.54) is 24.3 Å². The quantitative estimate of drug-likeness (QED) is 0.199. The number of likely N-dealkylation sites (tertiary alicyclic amines) is 1. The van der Waals surface area contributed by atoms with E-state index in [1.807, 2.05) is 32.1 Å². The van der Waals surface area contributed by atoms with E-state index in [4.69, 9.17) is 4.74 Å². The first-order valence-corrected chi connectivity index (χ1v) is 11.4. The molecule has 1 saturated heterocycles. The summed E-state index contributed by atoms with van der Waals surface area (Å²) in [5, 5.41) is 11.7. The Morgan fingerprint density at radius 2 is 2.07 bits per heavy atom. The Kier molecular flexibility index (Phi) is 12.7. The van der Waals surface area contributed by atoms with Gasteiger partial charge in [0.1, 0.15) is 5.60 Å². The summed E-state index contributed by atoms with van der Waals surface area (Å²) in [6, 6.07) is 4.34. The van der Waals surface area contributed by atoms with Crippen LogP contribution in [0.5, 0.6) is 0 Å². The molecule has 7 nitrogen and oxygen atoms in total. The third kappa shape index (κ3) is 11.4. The second kappa shape index (κ2) is 14.1. The van der Waals surface area contributed by atoms with Crippen molar-refractivity contribution in [2.45, 2.75) is 52.2 Å². The molecule has 9 heteroatoms. The van der Waals surface area contributed by atoms with Crippen LogP contribution in [-0.4, -0.2) is 62.3 Å². The lowest BCUT2D eigenvalue weighted by Gasteiger charge is -2.32. The van der Waals surface area contributed by atoms with Crippen LogP contribution in [0.4, 0.5) is 4.79 Å². The third-order valence-electron chi connectivity index (χ3n) is 4.66. The smallest absolute Gasteiger partial charge is 0.407 e. The molecule has 0 aromatic carbocycles. The maximum absolute atomic E-state index is 11.6. The number of hydrogen-bond donors (Lipinski definition) is 3. The monoisotopic (exact) mass is 551 g/mol. The molecule has 0 spiro atoms. The van der Waals surface area contributed by atoms with E-state index in [0.29, 0.717) is 12.5 Å². The summed E-state index contributed by atoms with van der Waals surface area (Å²) in [6.07, 6.45) is 2.94. The molecule has 1 aliphatic rings. The highest BCUT2D eigenvalue weighted by Crippen LogP contribution is 2.19. The number of amides is 1. The number of alkyl carbamates (subject to hydrolysis) is 1. The van der Waals surface area contributed by atoms with Crippen molar-refractivity contribution in [1.29, 1.82) is 0 Å². The Labute approximate surface area is 202 Å². The van der Waals surface area contributed by atoms with Gasteiger partial charge >= 0.3 is 6.09 Å². The zero-order chi connectivity index (χ0) is 21.1. The van der Waals surface area contributed by atoms with Crippen LogP contribution < -0.4 is 16.0 Å². The molecule has 0 bridgehead atoms. The first-order valence-electron chi connectivity index (χ1n) is 10.5. The number of carbonyl (C=O) groups is 1. The Morgan fingerprint density at radius 1 is 1.30 bits per heavy atom. The Hall–Kier alpha value is -1.07. The maximum atomic E-state index is 11.6. The average Bonchev–Trinajstić information content (AvgIpc) is 3.16. The molecule has 0 aliphatic carbocycles. The van der Waals surface area contributed by atoms with Crippen molar-refractivity contribution in [1.82, 2.24) is 20.9 Å². The van der Waals surface area contributed by atoms with Crippen molar-refractivity contribution in [2.75, 3.05) is 39.8 Å². The van der Waals surface area contributed by atoms with Crippen molar-refractivity contribution < 1.29 is 9.53 Å². The first kappa shape index (κ1) is 27.0. The van der Waals surface area contributed by atoms with E-state index in [-0.39, 0.29) is 30.1 Å². The van der Waals surface area contributed by atoms with Crippen LogP contribution in [0.15, 0.2) is 22.5 Å². The molecule has 1 amide bonds. The number of guanidine groups is 1. The highest BCUT2D eigenvalue weighted by atomic mass is 127. The minimum atomic E-state index is -0.466. The van der Waals surface area contributed by atoms with Crippen molar-refractivity contribution in [3.05, 3.63) is 22.4 Å². The fourth-order valence-electron chi connectivity index (χ4n) is 3.35. The van der Waals surface area contributed by atoms with Gasteiger partial charge in [0.15, 0.2) is 5.96 Å². The lowest BCUT2D eigenvalue weighted by molar-refractivity contribution is 0.0527. The number of carbonyl (C=O) groups excluding carboxylic acids is 1. The van der Waals surface area contributed by atoms with Gasteiger partial charge < -0.3 is 20.7 Å². The molecule has 0 radical (unpaired) electrons. The van der Waals surface area contributed by atoms with Gasteiger partial charge in [-0.25, -0.2) is 4.79 Å². The Balaban J connectivity index is 0.00000450. The molecule has 30 heavy (non-hydrogen) atoms. The van der Waals surface area contributed by atoms with E-state index in [1.54, 1.807) is 7.05 Å². The lowest BCUT2D eigenvalue weighted by atomic mass is 9.98. The number of hydrogen-bond acceptors (Lipinski definition) is 5. The number of thiophene rings is 1. The van der Waals surface area contributed by atoms with Crippen LogP contribution in [0.25, 0.3) is 0 Å². The fraction of sp³-hybridized carbons (Fsp3) is 0.714. The second-order valence-corrected chi connectivity index (χ2v) is 9.52.